The van der Waals surface area contributed by atoms with Gasteiger partial charge in [0.05, 0.1) is 17.2 Å². The summed E-state index contributed by atoms with van der Waals surface area (Å²) >= 11 is 1.56. The van der Waals surface area contributed by atoms with E-state index in [-0.39, 0.29) is 12.3 Å². The third-order valence-electron chi connectivity index (χ3n) is 4.96. The maximum Gasteiger partial charge on any atom is 0.258 e. The van der Waals surface area contributed by atoms with E-state index < -0.39 is 0 Å². The van der Waals surface area contributed by atoms with Crippen LogP contribution in [0.5, 0.6) is 5.75 Å². The van der Waals surface area contributed by atoms with Crippen LogP contribution in [0.15, 0.2) is 40.1 Å². The molecule has 0 saturated carbocycles. The molecule has 2 aromatic heterocycles. The number of aromatic nitrogens is 2. The first-order valence-electron chi connectivity index (χ1n) is 9.77. The van der Waals surface area contributed by atoms with E-state index in [0.717, 1.165) is 35.0 Å². The van der Waals surface area contributed by atoms with Crippen molar-refractivity contribution in [1.82, 2.24) is 15.1 Å². The molecule has 152 valence electrons. The maximum atomic E-state index is 12.7. The molecule has 0 radical (unpaired) electrons. The van der Waals surface area contributed by atoms with Crippen LogP contribution in [0.3, 0.4) is 0 Å². The van der Waals surface area contributed by atoms with Crippen molar-refractivity contribution in [2.24, 2.45) is 0 Å². The largest absolute Gasteiger partial charge is 0.492 e. The predicted octanol–water partition coefficient (Wildman–Crippen LogP) is 3.40. The van der Waals surface area contributed by atoms with Crippen LogP contribution in [0.1, 0.15) is 18.4 Å². The first-order valence-corrected chi connectivity index (χ1v) is 10.6. The summed E-state index contributed by atoms with van der Waals surface area (Å²) in [6, 6.07) is 10.1. The normalized spacial score (nSPS) is 14.3. The average Bonchev–Trinajstić information content (AvgIpc) is 3.37. The molecule has 1 aromatic carbocycles. The van der Waals surface area contributed by atoms with Crippen LogP contribution in [0.2, 0.25) is 0 Å². The third kappa shape index (κ3) is 4.27. The number of aryl methyl sites for hydroxylation is 1. The Labute approximate surface area is 173 Å². The minimum absolute atomic E-state index is 0.0147. The molecular formula is C21H24N4O3S. The van der Waals surface area contributed by atoms with Gasteiger partial charge in [0.25, 0.3) is 5.89 Å². The van der Waals surface area contributed by atoms with Crippen molar-refractivity contribution in [3.05, 3.63) is 47.2 Å². The van der Waals surface area contributed by atoms with Crippen LogP contribution in [0, 0.1) is 6.92 Å². The molecule has 0 unspecified atom stereocenters. The summed E-state index contributed by atoms with van der Waals surface area (Å²) in [7, 11) is 0. The van der Waals surface area contributed by atoms with Gasteiger partial charge in [0, 0.05) is 26.2 Å². The van der Waals surface area contributed by atoms with Crippen LogP contribution in [0.4, 0.5) is 5.69 Å². The third-order valence-corrected chi connectivity index (χ3v) is 5.97. The molecule has 29 heavy (non-hydrogen) atoms. The van der Waals surface area contributed by atoms with E-state index in [1.807, 2.05) is 48.4 Å². The van der Waals surface area contributed by atoms with Gasteiger partial charge in [0.15, 0.2) is 0 Å². The monoisotopic (exact) mass is 412 g/mol. The topological polar surface area (TPSA) is 71.7 Å². The fourth-order valence-electron chi connectivity index (χ4n) is 3.44. The summed E-state index contributed by atoms with van der Waals surface area (Å²) in [5.74, 6) is 1.75. The number of carbonyl (C=O) groups excluding carboxylic acids is 1. The van der Waals surface area contributed by atoms with Crippen molar-refractivity contribution in [3.63, 3.8) is 0 Å². The maximum absolute atomic E-state index is 12.7. The number of amides is 1. The Balaban J connectivity index is 1.35. The lowest BCUT2D eigenvalue weighted by molar-refractivity contribution is -0.131. The van der Waals surface area contributed by atoms with E-state index >= 15 is 0 Å². The summed E-state index contributed by atoms with van der Waals surface area (Å²) in [4.78, 5) is 17.8. The number of thiophene rings is 1. The summed E-state index contributed by atoms with van der Waals surface area (Å²) in [5.41, 5.74) is 2.18. The zero-order valence-electron chi connectivity index (χ0n) is 16.6. The van der Waals surface area contributed by atoms with E-state index in [4.69, 9.17) is 9.15 Å². The Morgan fingerprint density at radius 1 is 1.17 bits per heavy atom. The van der Waals surface area contributed by atoms with E-state index in [1.54, 1.807) is 11.3 Å². The molecule has 4 rings (SSSR count). The molecule has 1 aliphatic heterocycles. The first kappa shape index (κ1) is 19.4. The summed E-state index contributed by atoms with van der Waals surface area (Å²) < 4.78 is 11.5. The smallest absolute Gasteiger partial charge is 0.258 e. The van der Waals surface area contributed by atoms with E-state index in [1.165, 1.54) is 0 Å². The summed E-state index contributed by atoms with van der Waals surface area (Å²) in [6.45, 7) is 7.46. The van der Waals surface area contributed by atoms with Gasteiger partial charge in [-0.2, -0.15) is 0 Å². The van der Waals surface area contributed by atoms with Crippen molar-refractivity contribution in [2.75, 3.05) is 37.7 Å². The van der Waals surface area contributed by atoms with Crippen molar-refractivity contribution in [3.8, 4) is 16.5 Å². The molecule has 8 heteroatoms. The Kier molecular flexibility index (Phi) is 5.80. The van der Waals surface area contributed by atoms with Crippen molar-refractivity contribution >= 4 is 22.9 Å². The lowest BCUT2D eigenvalue weighted by Crippen LogP contribution is -2.49. The van der Waals surface area contributed by atoms with Crippen LogP contribution in [-0.2, 0) is 11.2 Å². The first-order chi connectivity index (χ1) is 14.2. The lowest BCUT2D eigenvalue weighted by atomic mass is 10.2. The van der Waals surface area contributed by atoms with Gasteiger partial charge in [-0.3, -0.25) is 4.79 Å². The van der Waals surface area contributed by atoms with Gasteiger partial charge >= 0.3 is 0 Å². The van der Waals surface area contributed by atoms with Crippen LogP contribution in [-0.4, -0.2) is 53.8 Å². The minimum atomic E-state index is 0.0147. The number of anilines is 1. The summed E-state index contributed by atoms with van der Waals surface area (Å²) in [6.07, 6.45) is 0.132. The number of carbonyl (C=O) groups is 1. The molecular weight excluding hydrogens is 388 g/mol. The fraction of sp³-hybridized carbons (Fsp3) is 0.381. The molecule has 7 nitrogen and oxygen atoms in total. The second-order valence-corrected chi connectivity index (χ2v) is 7.80. The van der Waals surface area contributed by atoms with Gasteiger partial charge < -0.3 is 19.0 Å². The van der Waals surface area contributed by atoms with E-state index in [9.17, 15) is 4.79 Å². The average molecular weight is 413 g/mol. The standard InChI is InChI=1S/C21H24N4O3S/c1-3-27-17-7-5-4-6-16(17)24-9-11-25(12-10-24)19(26)14-18-22-23-21(28-18)20-15(2)8-13-29-20/h4-8,13H,3,9-12,14H2,1-2H3. The van der Waals surface area contributed by atoms with Crippen LogP contribution >= 0.6 is 11.3 Å². The Morgan fingerprint density at radius 2 is 1.97 bits per heavy atom. The SMILES string of the molecule is CCOc1ccccc1N1CCN(C(=O)Cc2nnc(-c3sccc3C)o2)CC1. The Bertz CT molecular complexity index is 976. The number of hydrogen-bond donors (Lipinski definition) is 0. The van der Waals surface area contributed by atoms with Gasteiger partial charge in [-0.1, -0.05) is 12.1 Å². The predicted molar refractivity (Wildman–Crippen MR) is 112 cm³/mol. The number of benzene rings is 1. The molecule has 0 aliphatic carbocycles. The highest BCUT2D eigenvalue weighted by atomic mass is 32.1. The second kappa shape index (κ2) is 8.65. The Hall–Kier alpha value is -2.87. The molecule has 1 fully saturated rings. The summed E-state index contributed by atoms with van der Waals surface area (Å²) in [5, 5.41) is 10.1. The van der Waals surface area contributed by atoms with Gasteiger partial charge in [0.2, 0.25) is 11.8 Å². The molecule has 1 aliphatic rings. The van der Waals surface area contributed by atoms with Crippen LogP contribution in [0.25, 0.3) is 10.8 Å². The van der Waals surface area contributed by atoms with Crippen molar-refractivity contribution in [2.45, 2.75) is 20.3 Å². The number of piperazine rings is 1. The quantitative estimate of drug-likeness (QED) is 0.618. The van der Waals surface area contributed by atoms with Gasteiger partial charge in [-0.15, -0.1) is 21.5 Å². The van der Waals surface area contributed by atoms with Crippen molar-refractivity contribution < 1.29 is 13.9 Å². The molecule has 0 N–H and O–H groups in total. The zero-order chi connectivity index (χ0) is 20.2. The Morgan fingerprint density at radius 3 is 2.69 bits per heavy atom. The second-order valence-electron chi connectivity index (χ2n) is 6.88. The number of para-hydroxylation sites is 2. The van der Waals surface area contributed by atoms with Gasteiger partial charge in [0.1, 0.15) is 12.2 Å². The lowest BCUT2D eigenvalue weighted by Gasteiger charge is -2.36. The highest BCUT2D eigenvalue weighted by Crippen LogP contribution is 2.29. The molecule has 1 saturated heterocycles. The molecule has 1 amide bonds. The van der Waals surface area contributed by atoms with E-state index in [2.05, 4.69) is 21.2 Å². The van der Waals surface area contributed by atoms with Gasteiger partial charge in [-0.25, -0.2) is 0 Å². The molecule has 0 atom stereocenters. The fourth-order valence-corrected chi connectivity index (χ4v) is 4.29. The molecule has 0 spiro atoms. The number of rotatable bonds is 6. The molecule has 3 aromatic rings. The molecule has 3 heterocycles. The van der Waals surface area contributed by atoms with Crippen molar-refractivity contribution in [1.29, 1.82) is 0 Å². The number of nitrogens with zero attached hydrogens (tertiary/aromatic N) is 4. The highest BCUT2D eigenvalue weighted by molar-refractivity contribution is 7.13. The minimum Gasteiger partial charge on any atom is -0.492 e. The zero-order valence-corrected chi connectivity index (χ0v) is 17.4. The van der Waals surface area contributed by atoms with E-state index in [0.29, 0.717) is 31.5 Å². The van der Waals surface area contributed by atoms with Gasteiger partial charge in [-0.05, 0) is 43.0 Å². The van der Waals surface area contributed by atoms with Crippen LogP contribution < -0.4 is 9.64 Å². The number of hydrogen-bond acceptors (Lipinski definition) is 7. The molecule has 0 bridgehead atoms. The highest BCUT2D eigenvalue weighted by Gasteiger charge is 2.24. The number of ether oxygens (including phenoxy) is 1.